The van der Waals surface area contributed by atoms with Crippen LogP contribution in [0.1, 0.15) is 24.8 Å². The van der Waals surface area contributed by atoms with Crippen LogP contribution >= 0.6 is 0 Å². The second-order valence-corrected chi connectivity index (χ2v) is 4.84. The molecule has 2 fully saturated rings. The van der Waals surface area contributed by atoms with Crippen LogP contribution in [0, 0.1) is 17.2 Å². The van der Waals surface area contributed by atoms with Crippen LogP contribution in [0.5, 0.6) is 0 Å². The van der Waals surface area contributed by atoms with Gasteiger partial charge in [-0.1, -0.05) is 6.07 Å². The molecule has 0 aromatic heterocycles. The van der Waals surface area contributed by atoms with Crippen molar-refractivity contribution in [2.24, 2.45) is 5.92 Å². The van der Waals surface area contributed by atoms with Gasteiger partial charge in [-0.3, -0.25) is 0 Å². The average molecular weight is 213 g/mol. The van der Waals surface area contributed by atoms with Crippen molar-refractivity contribution in [3.05, 3.63) is 23.8 Å². The third-order valence-electron chi connectivity index (χ3n) is 3.92. The molecule has 2 unspecified atom stereocenters. The van der Waals surface area contributed by atoms with Crippen LogP contribution in [0.2, 0.25) is 0 Å². The second kappa shape index (κ2) is 3.41. The van der Waals surface area contributed by atoms with E-state index in [2.05, 4.69) is 11.0 Å². The van der Waals surface area contributed by atoms with Gasteiger partial charge in [-0.05, 0) is 37.3 Å². The van der Waals surface area contributed by atoms with E-state index in [4.69, 9.17) is 11.0 Å². The number of hydrogen-bond donors (Lipinski definition) is 1. The Morgan fingerprint density at radius 1 is 1.38 bits per heavy atom. The number of nitrogen functional groups attached to an aromatic ring is 1. The van der Waals surface area contributed by atoms with Crippen LogP contribution in [0.3, 0.4) is 0 Å². The van der Waals surface area contributed by atoms with Crippen molar-refractivity contribution in [3.63, 3.8) is 0 Å². The predicted octanol–water partition coefficient (Wildman–Crippen LogP) is 2.13. The minimum absolute atomic E-state index is 0.597. The van der Waals surface area contributed by atoms with Crippen LogP contribution < -0.4 is 10.6 Å². The normalized spacial score (nSPS) is 27.1. The summed E-state index contributed by atoms with van der Waals surface area (Å²) in [5.41, 5.74) is 8.35. The largest absolute Gasteiger partial charge is 0.396 e. The molecule has 0 radical (unpaired) electrons. The summed E-state index contributed by atoms with van der Waals surface area (Å²) in [6.07, 6.45) is 3.94. The molecule has 3 heteroatoms. The molecule has 16 heavy (non-hydrogen) atoms. The fourth-order valence-electron chi connectivity index (χ4n) is 3.12. The molecule has 2 atom stereocenters. The van der Waals surface area contributed by atoms with Gasteiger partial charge in [-0.15, -0.1) is 0 Å². The molecule has 1 aromatic carbocycles. The van der Waals surface area contributed by atoms with E-state index in [1.807, 2.05) is 12.1 Å². The number of anilines is 2. The molecule has 1 aromatic rings. The first-order valence-electron chi connectivity index (χ1n) is 5.85. The van der Waals surface area contributed by atoms with Gasteiger partial charge in [-0.2, -0.15) is 5.26 Å². The lowest BCUT2D eigenvalue weighted by molar-refractivity contribution is 0.554. The van der Waals surface area contributed by atoms with E-state index >= 15 is 0 Å². The summed E-state index contributed by atoms with van der Waals surface area (Å²) in [4.78, 5) is 2.39. The first kappa shape index (κ1) is 9.53. The molecule has 1 saturated carbocycles. The summed E-state index contributed by atoms with van der Waals surface area (Å²) in [5, 5.41) is 8.97. The Balaban J connectivity index is 1.99. The van der Waals surface area contributed by atoms with Gasteiger partial charge in [0, 0.05) is 12.6 Å². The topological polar surface area (TPSA) is 53.0 Å². The molecule has 0 amide bonds. The van der Waals surface area contributed by atoms with Gasteiger partial charge in [-0.25, -0.2) is 0 Å². The number of rotatable bonds is 1. The van der Waals surface area contributed by atoms with E-state index in [-0.39, 0.29) is 0 Å². The molecule has 2 N–H and O–H groups in total. The number of benzene rings is 1. The first-order chi connectivity index (χ1) is 7.79. The van der Waals surface area contributed by atoms with Crippen molar-refractivity contribution in [1.29, 1.82) is 5.26 Å². The number of fused-ring (bicyclic) bond motifs is 2. The lowest BCUT2D eigenvalue weighted by Crippen LogP contribution is -2.32. The van der Waals surface area contributed by atoms with Crippen LogP contribution in [0.4, 0.5) is 11.4 Å². The summed E-state index contributed by atoms with van der Waals surface area (Å²) in [7, 11) is 0. The molecule has 2 aliphatic rings. The summed E-state index contributed by atoms with van der Waals surface area (Å²) >= 11 is 0. The number of nitriles is 1. The number of para-hydroxylation sites is 1. The number of piperidine rings is 1. The minimum atomic E-state index is 0.597. The minimum Gasteiger partial charge on any atom is -0.396 e. The molecule has 1 heterocycles. The lowest BCUT2D eigenvalue weighted by atomic mass is 10.1. The maximum Gasteiger partial charge on any atom is 0.101 e. The monoisotopic (exact) mass is 213 g/mol. The Morgan fingerprint density at radius 2 is 2.25 bits per heavy atom. The summed E-state index contributed by atoms with van der Waals surface area (Å²) < 4.78 is 0. The molecule has 1 saturated heterocycles. The summed E-state index contributed by atoms with van der Waals surface area (Å²) in [5.74, 6) is 0.843. The van der Waals surface area contributed by atoms with Crippen molar-refractivity contribution < 1.29 is 0 Å². The highest BCUT2D eigenvalue weighted by Crippen LogP contribution is 2.42. The van der Waals surface area contributed by atoms with Crippen LogP contribution in [0.15, 0.2) is 18.2 Å². The maximum absolute atomic E-state index is 8.97. The van der Waals surface area contributed by atoms with E-state index in [0.29, 0.717) is 17.3 Å². The third-order valence-corrected chi connectivity index (χ3v) is 3.92. The first-order valence-corrected chi connectivity index (χ1v) is 5.85. The number of nitrogens with two attached hydrogens (primary N) is 1. The average Bonchev–Trinajstić information content (AvgIpc) is 2.91. The zero-order valence-electron chi connectivity index (χ0n) is 9.19. The molecular weight excluding hydrogens is 198 g/mol. The fraction of sp³-hybridized carbons (Fsp3) is 0.462. The van der Waals surface area contributed by atoms with E-state index in [9.17, 15) is 0 Å². The van der Waals surface area contributed by atoms with E-state index in [1.165, 1.54) is 19.3 Å². The maximum atomic E-state index is 8.97. The quantitative estimate of drug-likeness (QED) is 0.727. The van der Waals surface area contributed by atoms with Crippen molar-refractivity contribution in [3.8, 4) is 6.07 Å². The third kappa shape index (κ3) is 1.26. The lowest BCUT2D eigenvalue weighted by Gasteiger charge is -2.30. The van der Waals surface area contributed by atoms with Gasteiger partial charge >= 0.3 is 0 Å². The van der Waals surface area contributed by atoms with Crippen molar-refractivity contribution >= 4 is 11.4 Å². The van der Waals surface area contributed by atoms with Crippen molar-refractivity contribution in [2.45, 2.75) is 25.3 Å². The van der Waals surface area contributed by atoms with Crippen LogP contribution in [0.25, 0.3) is 0 Å². The van der Waals surface area contributed by atoms with E-state index < -0.39 is 0 Å². The standard InChI is InChI=1S/C13H15N3/c14-7-10-2-1-3-12(13(10)15)16-8-9-4-5-11(16)6-9/h1-3,9,11H,4-6,8,15H2. The number of hydrogen-bond acceptors (Lipinski definition) is 3. The highest BCUT2D eigenvalue weighted by molar-refractivity contribution is 5.74. The predicted molar refractivity (Wildman–Crippen MR) is 64.0 cm³/mol. The molecule has 3 rings (SSSR count). The highest BCUT2D eigenvalue weighted by atomic mass is 15.2. The van der Waals surface area contributed by atoms with E-state index in [1.54, 1.807) is 6.07 Å². The zero-order chi connectivity index (χ0) is 11.1. The van der Waals surface area contributed by atoms with Crippen LogP contribution in [-0.2, 0) is 0 Å². The molecule has 1 aliphatic carbocycles. The van der Waals surface area contributed by atoms with Gasteiger partial charge in [0.2, 0.25) is 0 Å². The molecule has 3 nitrogen and oxygen atoms in total. The Kier molecular flexibility index (Phi) is 2.03. The summed E-state index contributed by atoms with van der Waals surface area (Å²) in [6, 6.07) is 8.56. The Labute approximate surface area is 95.5 Å². The van der Waals surface area contributed by atoms with Crippen molar-refractivity contribution in [2.75, 3.05) is 17.2 Å². The highest BCUT2D eigenvalue weighted by Gasteiger charge is 2.38. The Hall–Kier alpha value is -1.69. The van der Waals surface area contributed by atoms with Gasteiger partial charge < -0.3 is 10.6 Å². The molecule has 0 spiro atoms. The van der Waals surface area contributed by atoms with Gasteiger partial charge in [0.25, 0.3) is 0 Å². The molecule has 82 valence electrons. The smallest absolute Gasteiger partial charge is 0.101 e. The van der Waals surface area contributed by atoms with Crippen LogP contribution in [-0.4, -0.2) is 12.6 Å². The molecule has 1 aliphatic heterocycles. The van der Waals surface area contributed by atoms with Crippen molar-refractivity contribution in [1.82, 2.24) is 0 Å². The molecule has 2 bridgehead atoms. The summed E-state index contributed by atoms with van der Waals surface area (Å²) in [6.45, 7) is 1.11. The van der Waals surface area contributed by atoms with Gasteiger partial charge in [0.1, 0.15) is 6.07 Å². The van der Waals surface area contributed by atoms with E-state index in [0.717, 1.165) is 18.2 Å². The molecular formula is C13H15N3. The Bertz CT molecular complexity index is 461. The van der Waals surface area contributed by atoms with Gasteiger partial charge in [0.15, 0.2) is 0 Å². The SMILES string of the molecule is N#Cc1cccc(N2CC3CCC2C3)c1N. The fourth-order valence-corrected chi connectivity index (χ4v) is 3.12. The zero-order valence-corrected chi connectivity index (χ0v) is 9.19. The number of nitrogens with zero attached hydrogens (tertiary/aromatic N) is 2. The Morgan fingerprint density at radius 3 is 2.88 bits per heavy atom. The second-order valence-electron chi connectivity index (χ2n) is 4.84. The van der Waals surface area contributed by atoms with Gasteiger partial charge in [0.05, 0.1) is 16.9 Å².